The fraction of sp³-hybridized carbons (Fsp3) is 0.268. The quantitative estimate of drug-likeness (QED) is 0.131. The fourth-order valence-corrected chi connectivity index (χ4v) is 7.49. The zero-order valence-corrected chi connectivity index (χ0v) is 30.8. The number of anilines is 2. The van der Waals surface area contributed by atoms with Gasteiger partial charge in [-0.3, -0.25) is 0 Å². The van der Waals surface area contributed by atoms with Crippen LogP contribution in [-0.4, -0.2) is 30.3 Å². The number of aromatic nitrogens is 2. The van der Waals surface area contributed by atoms with Crippen LogP contribution in [0.1, 0.15) is 52.7 Å². The first-order chi connectivity index (χ1) is 21.8. The van der Waals surface area contributed by atoms with Crippen LogP contribution in [0.5, 0.6) is 0 Å². The van der Waals surface area contributed by atoms with E-state index < -0.39 is 0 Å². The number of fused-ring (bicyclic) bond motifs is 3. The molecular formula is C41H42N5Pt-. The Labute approximate surface area is 293 Å². The number of benzene rings is 4. The summed E-state index contributed by atoms with van der Waals surface area (Å²) in [5.41, 5.74) is 10.8. The molecule has 9 rings (SSSR count). The predicted molar refractivity (Wildman–Crippen MR) is 193 cm³/mol. The van der Waals surface area contributed by atoms with E-state index in [1.165, 1.54) is 39.0 Å². The maximum Gasteiger partial charge on any atom is 0.179 e. The number of rotatable bonds is 4. The van der Waals surface area contributed by atoms with Crippen LogP contribution in [0.2, 0.25) is 0 Å². The molecule has 2 aromatic heterocycles. The number of hydrogen-bond donors (Lipinski definition) is 0. The van der Waals surface area contributed by atoms with Crippen molar-refractivity contribution in [3.8, 4) is 5.82 Å². The molecule has 47 heavy (non-hydrogen) atoms. The van der Waals surface area contributed by atoms with Gasteiger partial charge < -0.3 is 18.4 Å². The number of para-hydroxylation sites is 1. The van der Waals surface area contributed by atoms with Crippen molar-refractivity contribution in [2.75, 3.05) is 25.7 Å². The standard InChI is InChI=1S/C41H42N5.Pt/c1-40(2,3)28-16-19-37-38(22-28)46(26-45(37,8)27-46)32-13-11-12-30(24-32)43(7)31-17-18-34-33-14-9-10-15-35(33)44(36(34)25-31)39-23-29(20-21-42-39)41(4,5)6;/h9-23,26H,27H2,1-8H3;/q-1;/t45-,46+;/m0./s1. The van der Waals surface area contributed by atoms with Crippen molar-refractivity contribution in [1.29, 1.82) is 0 Å². The average molecular weight is 800 g/mol. The van der Waals surface area contributed by atoms with Crippen molar-refractivity contribution in [2.45, 2.75) is 52.4 Å². The number of pyridine rings is 1. The van der Waals surface area contributed by atoms with Crippen LogP contribution in [0.25, 0.3) is 27.6 Å². The smallest absolute Gasteiger partial charge is 0.179 e. The Kier molecular flexibility index (Phi) is 7.19. The SMILES string of the molecule is CN(c1[c-]c([N@@+]23[CH-][N@@+](C)(C2)c2ccc(C(C)(C)C)cc23)ccc1)c1[c-]c2c(cc1)c1ccccc1n2-c1cc(C(C)(C)C)ccn1.[Pt]. The summed E-state index contributed by atoms with van der Waals surface area (Å²) < 4.78 is 3.84. The van der Waals surface area contributed by atoms with Gasteiger partial charge in [0, 0.05) is 57.6 Å². The van der Waals surface area contributed by atoms with Gasteiger partial charge >= 0.3 is 0 Å². The van der Waals surface area contributed by atoms with Crippen LogP contribution in [0, 0.1) is 18.8 Å². The molecule has 2 bridgehead atoms. The first-order valence-electron chi connectivity index (χ1n) is 16.2. The molecule has 6 heteroatoms. The zero-order valence-electron chi connectivity index (χ0n) is 28.5. The molecule has 0 spiro atoms. The minimum Gasteiger partial charge on any atom is -0.391 e. The van der Waals surface area contributed by atoms with E-state index in [4.69, 9.17) is 4.98 Å². The molecule has 5 nitrogen and oxygen atoms in total. The van der Waals surface area contributed by atoms with Gasteiger partial charge in [-0.2, -0.15) is 12.1 Å². The first kappa shape index (κ1) is 31.8. The molecule has 6 aromatic rings. The van der Waals surface area contributed by atoms with E-state index in [0.29, 0.717) is 0 Å². The average Bonchev–Trinajstić information content (AvgIpc) is 3.58. The van der Waals surface area contributed by atoms with Gasteiger partial charge in [0.2, 0.25) is 0 Å². The van der Waals surface area contributed by atoms with Gasteiger partial charge in [0.25, 0.3) is 0 Å². The van der Waals surface area contributed by atoms with Crippen molar-refractivity contribution in [1.82, 2.24) is 18.5 Å². The van der Waals surface area contributed by atoms with Crippen molar-refractivity contribution in [3.05, 3.63) is 121 Å². The topological polar surface area (TPSA) is 21.1 Å². The summed E-state index contributed by atoms with van der Waals surface area (Å²) in [5.74, 6) is 0.913. The Morgan fingerprint density at radius 1 is 0.766 bits per heavy atom. The molecule has 0 amide bonds. The van der Waals surface area contributed by atoms with Crippen LogP contribution >= 0.6 is 0 Å². The first-order valence-corrected chi connectivity index (χ1v) is 16.2. The number of hydrogen-bond acceptors (Lipinski definition) is 2. The monoisotopic (exact) mass is 799 g/mol. The van der Waals surface area contributed by atoms with Crippen molar-refractivity contribution < 1.29 is 21.1 Å². The van der Waals surface area contributed by atoms with Crippen LogP contribution in [0.15, 0.2) is 91.1 Å². The Balaban J connectivity index is 0.00000351. The summed E-state index contributed by atoms with van der Waals surface area (Å²) >= 11 is 0. The molecule has 242 valence electrons. The van der Waals surface area contributed by atoms with E-state index in [1.54, 1.807) is 0 Å². The van der Waals surface area contributed by atoms with Crippen molar-refractivity contribution in [3.63, 3.8) is 0 Å². The van der Waals surface area contributed by atoms with Gasteiger partial charge in [-0.25, -0.2) is 4.98 Å². The summed E-state index contributed by atoms with van der Waals surface area (Å²) in [6.45, 7) is 17.0. The summed E-state index contributed by atoms with van der Waals surface area (Å²) in [5, 5.41) is 2.37. The molecule has 3 aliphatic heterocycles. The second kappa shape index (κ2) is 10.6. The van der Waals surface area contributed by atoms with Crippen LogP contribution < -0.4 is 13.9 Å². The molecule has 2 atom stereocenters. The fourth-order valence-electron chi connectivity index (χ4n) is 7.49. The Hall–Kier alpha value is -3.76. The molecule has 4 aromatic carbocycles. The Morgan fingerprint density at radius 3 is 2.21 bits per heavy atom. The maximum absolute atomic E-state index is 4.86. The van der Waals surface area contributed by atoms with Crippen LogP contribution in [-0.2, 0) is 31.9 Å². The van der Waals surface area contributed by atoms with Crippen LogP contribution in [0.3, 0.4) is 0 Å². The molecule has 0 aliphatic carbocycles. The van der Waals surface area contributed by atoms with E-state index in [2.05, 4.69) is 169 Å². The molecule has 0 N–H and O–H groups in total. The molecule has 5 heterocycles. The summed E-state index contributed by atoms with van der Waals surface area (Å²) in [6, 6.07) is 38.6. The van der Waals surface area contributed by atoms with Gasteiger partial charge in [0.05, 0.1) is 13.7 Å². The minimum absolute atomic E-state index is 0. The van der Waals surface area contributed by atoms with E-state index in [0.717, 1.165) is 43.9 Å². The molecule has 0 radical (unpaired) electrons. The molecule has 1 fully saturated rings. The minimum atomic E-state index is 0. The Bertz CT molecular complexity index is 2180. The number of quaternary nitrogens is 2. The second-order valence-electron chi connectivity index (χ2n) is 15.4. The second-order valence-corrected chi connectivity index (χ2v) is 15.4. The largest absolute Gasteiger partial charge is 0.391 e. The predicted octanol–water partition coefficient (Wildman–Crippen LogP) is 9.82. The number of nitrogens with zero attached hydrogens (tertiary/aromatic N) is 5. The van der Waals surface area contributed by atoms with Gasteiger partial charge in [0.15, 0.2) is 18.0 Å². The van der Waals surface area contributed by atoms with Crippen molar-refractivity contribution >= 4 is 50.2 Å². The maximum atomic E-state index is 4.86. The van der Waals surface area contributed by atoms with E-state index in [-0.39, 0.29) is 31.9 Å². The zero-order chi connectivity index (χ0) is 32.2. The Morgan fingerprint density at radius 2 is 1.47 bits per heavy atom. The van der Waals surface area contributed by atoms with Gasteiger partial charge in [0.1, 0.15) is 5.82 Å². The van der Waals surface area contributed by atoms with Gasteiger partial charge in [-0.1, -0.05) is 88.8 Å². The normalized spacial score (nSPS) is 20.2. The molecular weight excluding hydrogens is 758 g/mol. The van der Waals surface area contributed by atoms with Gasteiger partial charge in [-0.05, 0) is 45.5 Å². The summed E-state index contributed by atoms with van der Waals surface area (Å²) in [7, 11) is 4.43. The van der Waals surface area contributed by atoms with E-state index in [1.807, 2.05) is 6.20 Å². The molecule has 0 saturated carbocycles. The van der Waals surface area contributed by atoms with Crippen LogP contribution in [0.4, 0.5) is 28.4 Å². The third-order valence-electron chi connectivity index (χ3n) is 10.1. The molecule has 0 unspecified atom stereocenters. The third kappa shape index (κ3) is 4.81. The summed E-state index contributed by atoms with van der Waals surface area (Å²) in [6.07, 6.45) is 1.93. The van der Waals surface area contributed by atoms with E-state index >= 15 is 0 Å². The third-order valence-corrected chi connectivity index (χ3v) is 10.1. The van der Waals surface area contributed by atoms with E-state index in [9.17, 15) is 0 Å². The summed E-state index contributed by atoms with van der Waals surface area (Å²) in [4.78, 5) is 7.06. The molecule has 3 aliphatic rings. The molecule has 1 saturated heterocycles. The van der Waals surface area contributed by atoms with Crippen molar-refractivity contribution in [2.24, 2.45) is 0 Å². The van der Waals surface area contributed by atoms with Gasteiger partial charge in [-0.15, -0.1) is 29.7 Å².